The number of aromatic nitrogens is 2. The maximum Gasteiger partial charge on any atom is 0.255 e. The van der Waals surface area contributed by atoms with Crippen LogP contribution in [0, 0.1) is 0 Å². The van der Waals surface area contributed by atoms with E-state index in [4.69, 9.17) is 9.47 Å². The first-order valence-electron chi connectivity index (χ1n) is 17.6. The number of amides is 2. The predicted octanol–water partition coefficient (Wildman–Crippen LogP) is 7.55. The Kier molecular flexibility index (Phi) is 9.04. The molecule has 10 nitrogen and oxygen atoms in total. The fourth-order valence-electron chi connectivity index (χ4n) is 7.05. The number of carbonyl (C=O) groups is 2. The quantitative estimate of drug-likeness (QED) is 0.138. The molecule has 51 heavy (non-hydrogen) atoms. The smallest absolute Gasteiger partial charge is 0.255 e. The molecule has 4 heterocycles. The number of carbonyl (C=O) groups excluding carboxylic acids is 2. The van der Waals surface area contributed by atoms with Gasteiger partial charge in [0.1, 0.15) is 0 Å². The molecule has 0 radical (unpaired) electrons. The van der Waals surface area contributed by atoms with E-state index in [1.807, 2.05) is 104 Å². The average molecular weight is 684 g/mol. The molecule has 0 bridgehead atoms. The van der Waals surface area contributed by atoms with E-state index < -0.39 is 0 Å². The van der Waals surface area contributed by atoms with Crippen molar-refractivity contribution in [1.29, 1.82) is 0 Å². The normalized spacial score (nSPS) is 17.8. The number of aryl methyl sites for hydroxylation is 1. The molecule has 2 aliphatic rings. The molecular formula is C41H41N5O5. The van der Waals surface area contributed by atoms with Crippen molar-refractivity contribution in [3.05, 3.63) is 121 Å². The lowest BCUT2D eigenvalue weighted by molar-refractivity contribution is -0.377. The Morgan fingerprint density at radius 1 is 0.725 bits per heavy atom. The maximum atomic E-state index is 13.2. The summed E-state index contributed by atoms with van der Waals surface area (Å²) in [7, 11) is 0. The number of aliphatic hydroxyl groups is 1. The molecule has 260 valence electrons. The van der Waals surface area contributed by atoms with Crippen LogP contribution in [0.2, 0.25) is 0 Å². The molecule has 4 aromatic carbocycles. The summed E-state index contributed by atoms with van der Waals surface area (Å²) in [5.74, 6) is -0.341. The van der Waals surface area contributed by atoms with Crippen LogP contribution in [0.3, 0.4) is 0 Å². The summed E-state index contributed by atoms with van der Waals surface area (Å²) in [6, 6.07) is 31.1. The molecular weight excluding hydrogens is 642 g/mol. The van der Waals surface area contributed by atoms with Crippen molar-refractivity contribution in [1.82, 2.24) is 9.13 Å². The van der Waals surface area contributed by atoms with Crippen LogP contribution in [0.25, 0.3) is 27.5 Å². The van der Waals surface area contributed by atoms with Gasteiger partial charge >= 0.3 is 0 Å². The molecule has 2 saturated heterocycles. The summed E-state index contributed by atoms with van der Waals surface area (Å²) in [6.07, 6.45) is 7.00. The van der Waals surface area contributed by atoms with Gasteiger partial charge in [0, 0.05) is 88.6 Å². The van der Waals surface area contributed by atoms with Crippen molar-refractivity contribution in [3.63, 3.8) is 0 Å². The molecule has 3 N–H and O–H groups in total. The summed E-state index contributed by atoms with van der Waals surface area (Å²) >= 11 is 0. The van der Waals surface area contributed by atoms with Crippen LogP contribution in [-0.4, -0.2) is 57.8 Å². The van der Waals surface area contributed by atoms with Gasteiger partial charge in [-0.1, -0.05) is 0 Å². The summed E-state index contributed by atoms with van der Waals surface area (Å²) in [5, 5.41) is 17.9. The van der Waals surface area contributed by atoms with Crippen molar-refractivity contribution in [2.75, 3.05) is 28.6 Å². The Labute approximate surface area is 296 Å². The first-order valence-corrected chi connectivity index (χ1v) is 17.6. The Morgan fingerprint density at radius 2 is 1.29 bits per heavy atom. The predicted molar refractivity (Wildman–Crippen MR) is 200 cm³/mol. The van der Waals surface area contributed by atoms with Crippen LogP contribution < -0.4 is 15.5 Å². The van der Waals surface area contributed by atoms with Gasteiger partial charge in [-0.15, -0.1) is 0 Å². The number of piperidine rings is 1. The second-order valence-corrected chi connectivity index (χ2v) is 13.4. The summed E-state index contributed by atoms with van der Waals surface area (Å²) in [5.41, 5.74) is 6.71. The second-order valence-electron chi connectivity index (χ2n) is 13.4. The minimum absolute atomic E-state index is 0.0899. The Bertz CT molecular complexity index is 2170. The van der Waals surface area contributed by atoms with Crippen LogP contribution in [0.4, 0.5) is 17.1 Å². The molecule has 6 aromatic rings. The molecule has 0 saturated carbocycles. The maximum absolute atomic E-state index is 13.2. The first-order chi connectivity index (χ1) is 24.9. The molecule has 2 aliphatic heterocycles. The lowest BCUT2D eigenvalue weighted by atomic mass is 10.1. The molecule has 0 spiro atoms. The SMILES string of the molecule is CC1OC(CCCn2ccc3cc(NC(=O)c4ccc(-n5ccc6cc(NC(=O)c7ccc(N8CCC(O)CC8)cc7)ccc65)cc4)ccc32)O1. The lowest BCUT2D eigenvalue weighted by Gasteiger charge is -2.33. The Morgan fingerprint density at radius 3 is 1.92 bits per heavy atom. The molecule has 2 aromatic heterocycles. The van der Waals surface area contributed by atoms with E-state index in [1.54, 1.807) is 0 Å². The number of hydrogen-bond donors (Lipinski definition) is 3. The van der Waals surface area contributed by atoms with E-state index in [0.717, 1.165) is 84.2 Å². The van der Waals surface area contributed by atoms with E-state index in [-0.39, 0.29) is 30.5 Å². The van der Waals surface area contributed by atoms with Crippen molar-refractivity contribution >= 4 is 50.7 Å². The summed E-state index contributed by atoms with van der Waals surface area (Å²) in [6.45, 7) is 4.40. The van der Waals surface area contributed by atoms with Crippen LogP contribution in [0.15, 0.2) is 109 Å². The fourth-order valence-corrected chi connectivity index (χ4v) is 7.05. The van der Waals surface area contributed by atoms with E-state index in [9.17, 15) is 14.7 Å². The minimum atomic E-state index is -0.221. The molecule has 10 heteroatoms. The van der Waals surface area contributed by atoms with E-state index in [1.165, 1.54) is 0 Å². The van der Waals surface area contributed by atoms with Gasteiger partial charge in [-0.3, -0.25) is 9.59 Å². The fraction of sp³-hybridized carbons (Fsp3) is 0.268. The van der Waals surface area contributed by atoms with E-state index >= 15 is 0 Å². The Hall–Kier alpha value is -5.42. The zero-order chi connectivity index (χ0) is 34.9. The highest BCUT2D eigenvalue weighted by atomic mass is 16.9. The number of hydrogen-bond acceptors (Lipinski definition) is 6. The largest absolute Gasteiger partial charge is 0.393 e. The van der Waals surface area contributed by atoms with Crippen molar-refractivity contribution in [2.45, 2.75) is 57.8 Å². The molecule has 0 aliphatic carbocycles. The minimum Gasteiger partial charge on any atom is -0.393 e. The highest BCUT2D eigenvalue weighted by Gasteiger charge is 2.26. The number of nitrogens with one attached hydrogen (secondary N) is 2. The highest BCUT2D eigenvalue weighted by molar-refractivity contribution is 6.06. The van der Waals surface area contributed by atoms with Gasteiger partial charge in [0.05, 0.1) is 11.6 Å². The summed E-state index contributed by atoms with van der Waals surface area (Å²) in [4.78, 5) is 28.4. The highest BCUT2D eigenvalue weighted by Crippen LogP contribution is 2.27. The number of rotatable bonds is 10. The van der Waals surface area contributed by atoms with Gasteiger partial charge in [0.25, 0.3) is 11.8 Å². The van der Waals surface area contributed by atoms with Crippen LogP contribution in [-0.2, 0) is 16.0 Å². The molecule has 8 rings (SSSR count). The number of anilines is 3. The number of aliphatic hydroxyl groups excluding tert-OH is 1. The second kappa shape index (κ2) is 14.1. The molecule has 0 atom stereocenters. The third-order valence-electron chi connectivity index (χ3n) is 9.87. The van der Waals surface area contributed by atoms with Crippen LogP contribution in [0.1, 0.15) is 53.3 Å². The van der Waals surface area contributed by atoms with Crippen LogP contribution >= 0.6 is 0 Å². The number of ether oxygens (including phenoxy) is 2. The van der Waals surface area contributed by atoms with Gasteiger partial charge in [-0.05, 0) is 123 Å². The lowest BCUT2D eigenvalue weighted by Crippen LogP contribution is -2.38. The topological polar surface area (TPSA) is 110 Å². The van der Waals surface area contributed by atoms with Gasteiger partial charge in [0.15, 0.2) is 12.6 Å². The van der Waals surface area contributed by atoms with Crippen molar-refractivity contribution in [3.8, 4) is 5.69 Å². The monoisotopic (exact) mass is 683 g/mol. The van der Waals surface area contributed by atoms with Crippen molar-refractivity contribution in [2.24, 2.45) is 0 Å². The number of benzene rings is 4. The van der Waals surface area contributed by atoms with Gasteiger partial charge < -0.3 is 39.2 Å². The third kappa shape index (κ3) is 7.12. The standard InChI is InChI=1S/C41H41N5O5/c1-27-50-39(51-27)3-2-20-45-21-16-30-25-32(8-14-37(30)45)42-41(49)29-6-12-35(13-7-29)46-24-17-31-26-33(9-15-38(31)46)43-40(48)28-4-10-34(11-5-28)44-22-18-36(47)19-23-44/h4-17,21,24-27,36,39,47H,2-3,18-20,22-23H2,1H3,(H,42,49)(H,43,48). The van der Waals surface area contributed by atoms with Gasteiger partial charge in [-0.2, -0.15) is 0 Å². The average Bonchev–Trinajstić information content (AvgIpc) is 3.75. The molecule has 0 unspecified atom stereocenters. The molecule has 2 amide bonds. The number of nitrogens with zero attached hydrogens (tertiary/aromatic N) is 3. The Balaban J connectivity index is 0.877. The third-order valence-corrected chi connectivity index (χ3v) is 9.87. The summed E-state index contributed by atoms with van der Waals surface area (Å²) < 4.78 is 15.3. The van der Waals surface area contributed by atoms with Gasteiger partial charge in [-0.25, -0.2) is 0 Å². The number of fused-ring (bicyclic) bond motifs is 2. The van der Waals surface area contributed by atoms with Crippen molar-refractivity contribution < 1.29 is 24.2 Å². The van der Waals surface area contributed by atoms with Crippen LogP contribution in [0.5, 0.6) is 0 Å². The van der Waals surface area contributed by atoms with E-state index in [2.05, 4.69) is 36.9 Å². The first kappa shape index (κ1) is 32.8. The zero-order valence-electron chi connectivity index (χ0n) is 28.5. The zero-order valence-corrected chi connectivity index (χ0v) is 28.5. The van der Waals surface area contributed by atoms with E-state index in [0.29, 0.717) is 16.8 Å². The molecule has 2 fully saturated rings. The van der Waals surface area contributed by atoms with Gasteiger partial charge in [0.2, 0.25) is 0 Å².